The molecular weight excluding hydrogens is 330 g/mol. The number of carbonyl (C=O) groups is 2. The lowest BCUT2D eigenvalue weighted by Crippen LogP contribution is -2.21. The summed E-state index contributed by atoms with van der Waals surface area (Å²) in [5.74, 6) is -0.331. The standard InChI is InChI=1S/C16H13N3O2S2/c1-17-14(20)10-4-2-9(3-5-10)13-7-6-11(23-13)8-12-15(21)19-16(22)18-12/h2-8H,1H3,(H,17,20)(H2,18,19,21,22)/b12-8+. The molecule has 1 fully saturated rings. The average Bonchev–Trinajstić information content (AvgIpc) is 3.14. The summed E-state index contributed by atoms with van der Waals surface area (Å²) in [6.45, 7) is 0. The van der Waals surface area contributed by atoms with E-state index >= 15 is 0 Å². The zero-order valence-corrected chi connectivity index (χ0v) is 13.8. The maximum absolute atomic E-state index is 11.6. The van der Waals surface area contributed by atoms with Gasteiger partial charge in [-0.15, -0.1) is 11.3 Å². The van der Waals surface area contributed by atoms with Gasteiger partial charge in [-0.1, -0.05) is 12.1 Å². The van der Waals surface area contributed by atoms with Crippen LogP contribution < -0.4 is 16.0 Å². The van der Waals surface area contributed by atoms with Crippen molar-refractivity contribution >= 4 is 46.6 Å². The third-order valence-corrected chi connectivity index (χ3v) is 4.58. The average molecular weight is 343 g/mol. The Morgan fingerprint density at radius 3 is 2.52 bits per heavy atom. The summed E-state index contributed by atoms with van der Waals surface area (Å²) < 4.78 is 0. The molecule has 0 radical (unpaired) electrons. The molecule has 1 aliphatic heterocycles. The van der Waals surface area contributed by atoms with Gasteiger partial charge in [-0.05, 0) is 48.1 Å². The second-order valence-corrected chi connectivity index (χ2v) is 6.35. The minimum absolute atomic E-state index is 0.109. The van der Waals surface area contributed by atoms with Crippen LogP contribution in [0.3, 0.4) is 0 Å². The molecule has 2 amide bonds. The molecule has 116 valence electrons. The van der Waals surface area contributed by atoms with E-state index in [1.165, 1.54) is 0 Å². The molecule has 7 heteroatoms. The Balaban J connectivity index is 1.82. The molecule has 0 spiro atoms. The number of thiocarbonyl (C=S) groups is 1. The van der Waals surface area contributed by atoms with Crippen LogP contribution in [0.25, 0.3) is 16.5 Å². The molecule has 0 bridgehead atoms. The van der Waals surface area contributed by atoms with Crippen molar-refractivity contribution in [3.63, 3.8) is 0 Å². The lowest BCUT2D eigenvalue weighted by Gasteiger charge is -2.01. The Bertz CT molecular complexity index is 822. The third kappa shape index (κ3) is 3.30. The molecule has 2 heterocycles. The molecule has 1 aromatic heterocycles. The maximum atomic E-state index is 11.6. The zero-order chi connectivity index (χ0) is 16.4. The van der Waals surface area contributed by atoms with E-state index < -0.39 is 0 Å². The van der Waals surface area contributed by atoms with Crippen LogP contribution in [0.5, 0.6) is 0 Å². The molecule has 1 aromatic carbocycles. The van der Waals surface area contributed by atoms with E-state index in [0.717, 1.165) is 15.3 Å². The van der Waals surface area contributed by atoms with Crippen molar-refractivity contribution in [1.82, 2.24) is 16.0 Å². The van der Waals surface area contributed by atoms with Crippen molar-refractivity contribution < 1.29 is 9.59 Å². The molecule has 0 unspecified atom stereocenters. The van der Waals surface area contributed by atoms with Crippen molar-refractivity contribution in [2.24, 2.45) is 0 Å². The van der Waals surface area contributed by atoms with Crippen molar-refractivity contribution in [2.45, 2.75) is 0 Å². The third-order valence-electron chi connectivity index (χ3n) is 3.29. The molecule has 1 aliphatic rings. The number of hydrogen-bond acceptors (Lipinski definition) is 4. The van der Waals surface area contributed by atoms with Crippen LogP contribution in [0.4, 0.5) is 0 Å². The van der Waals surface area contributed by atoms with E-state index in [1.807, 2.05) is 24.3 Å². The van der Waals surface area contributed by atoms with Gasteiger partial charge in [0, 0.05) is 22.4 Å². The van der Waals surface area contributed by atoms with Gasteiger partial charge < -0.3 is 10.6 Å². The van der Waals surface area contributed by atoms with Gasteiger partial charge in [-0.3, -0.25) is 14.9 Å². The second-order valence-electron chi connectivity index (χ2n) is 4.82. The highest BCUT2D eigenvalue weighted by Gasteiger charge is 2.20. The van der Waals surface area contributed by atoms with E-state index in [1.54, 1.807) is 36.6 Å². The molecule has 0 aliphatic carbocycles. The quantitative estimate of drug-likeness (QED) is 0.590. The number of nitrogens with one attached hydrogen (secondary N) is 3. The summed E-state index contributed by atoms with van der Waals surface area (Å²) in [4.78, 5) is 25.2. The fourth-order valence-electron chi connectivity index (χ4n) is 2.14. The molecule has 1 saturated heterocycles. The van der Waals surface area contributed by atoms with Crippen LogP contribution >= 0.6 is 23.6 Å². The summed E-state index contributed by atoms with van der Waals surface area (Å²) in [7, 11) is 1.61. The van der Waals surface area contributed by atoms with Crippen LogP contribution in [-0.2, 0) is 4.79 Å². The van der Waals surface area contributed by atoms with E-state index in [-0.39, 0.29) is 11.8 Å². The smallest absolute Gasteiger partial charge is 0.273 e. The molecule has 0 saturated carbocycles. The maximum Gasteiger partial charge on any atom is 0.273 e. The first-order valence-electron chi connectivity index (χ1n) is 6.83. The Morgan fingerprint density at radius 2 is 1.91 bits per heavy atom. The van der Waals surface area contributed by atoms with Gasteiger partial charge in [0.25, 0.3) is 11.8 Å². The first-order chi connectivity index (χ1) is 11.1. The number of thiophene rings is 1. The first kappa shape index (κ1) is 15.4. The van der Waals surface area contributed by atoms with Crippen molar-refractivity contribution in [3.8, 4) is 10.4 Å². The number of hydrogen-bond donors (Lipinski definition) is 3. The summed E-state index contributed by atoms with van der Waals surface area (Å²) in [6.07, 6.45) is 1.77. The Hall–Kier alpha value is -2.51. The van der Waals surface area contributed by atoms with Crippen LogP contribution in [0.1, 0.15) is 15.2 Å². The number of benzene rings is 1. The lowest BCUT2D eigenvalue weighted by atomic mass is 10.1. The highest BCUT2D eigenvalue weighted by Crippen LogP contribution is 2.29. The van der Waals surface area contributed by atoms with Crippen LogP contribution in [-0.4, -0.2) is 24.0 Å². The predicted molar refractivity (Wildman–Crippen MR) is 95.0 cm³/mol. The summed E-state index contributed by atoms with van der Waals surface area (Å²) in [6, 6.07) is 11.3. The van der Waals surface area contributed by atoms with E-state index in [4.69, 9.17) is 12.2 Å². The van der Waals surface area contributed by atoms with Gasteiger partial charge >= 0.3 is 0 Å². The molecule has 23 heavy (non-hydrogen) atoms. The van der Waals surface area contributed by atoms with Gasteiger partial charge in [-0.2, -0.15) is 0 Å². The van der Waals surface area contributed by atoms with Crippen molar-refractivity contribution in [3.05, 3.63) is 52.5 Å². The molecule has 0 atom stereocenters. The number of amides is 2. The van der Waals surface area contributed by atoms with Gasteiger partial charge in [0.2, 0.25) is 0 Å². The zero-order valence-electron chi connectivity index (χ0n) is 12.2. The molecule has 3 rings (SSSR count). The Kier molecular flexibility index (Phi) is 4.22. The molecule has 2 aromatic rings. The molecule has 3 N–H and O–H groups in total. The van der Waals surface area contributed by atoms with Gasteiger partial charge in [0.15, 0.2) is 5.11 Å². The summed E-state index contributed by atoms with van der Waals surface area (Å²) in [5, 5.41) is 8.26. The Morgan fingerprint density at radius 1 is 1.17 bits per heavy atom. The topological polar surface area (TPSA) is 70.2 Å². The van der Waals surface area contributed by atoms with Gasteiger partial charge in [0.1, 0.15) is 5.70 Å². The summed E-state index contributed by atoms with van der Waals surface area (Å²) in [5.41, 5.74) is 2.08. The number of carbonyl (C=O) groups excluding carboxylic acids is 2. The fraction of sp³-hybridized carbons (Fsp3) is 0.0625. The molecule has 5 nitrogen and oxygen atoms in total. The van der Waals surface area contributed by atoms with Crippen molar-refractivity contribution in [1.29, 1.82) is 0 Å². The highest BCUT2D eigenvalue weighted by atomic mass is 32.1. The fourth-order valence-corrected chi connectivity index (χ4v) is 3.30. The van der Waals surface area contributed by atoms with Crippen LogP contribution in [0.2, 0.25) is 0 Å². The SMILES string of the molecule is CNC(=O)c1ccc(-c2ccc(/C=C3/NC(=S)NC3=O)s2)cc1. The van der Waals surface area contributed by atoms with Gasteiger partial charge in [-0.25, -0.2) is 0 Å². The van der Waals surface area contributed by atoms with Crippen molar-refractivity contribution in [2.75, 3.05) is 7.05 Å². The lowest BCUT2D eigenvalue weighted by molar-refractivity contribution is -0.115. The Labute approximate surface area is 142 Å². The van der Waals surface area contributed by atoms with Crippen LogP contribution in [0, 0.1) is 0 Å². The molecular formula is C16H13N3O2S2. The minimum atomic E-state index is -0.222. The van der Waals surface area contributed by atoms with Crippen LogP contribution in [0.15, 0.2) is 42.1 Å². The first-order valence-corrected chi connectivity index (χ1v) is 8.05. The second kappa shape index (κ2) is 6.31. The number of rotatable bonds is 3. The highest BCUT2D eigenvalue weighted by molar-refractivity contribution is 7.80. The van der Waals surface area contributed by atoms with E-state index in [9.17, 15) is 9.59 Å². The monoisotopic (exact) mass is 343 g/mol. The largest absolute Gasteiger partial charge is 0.355 e. The summed E-state index contributed by atoms with van der Waals surface area (Å²) >= 11 is 6.46. The minimum Gasteiger partial charge on any atom is -0.355 e. The normalized spacial score (nSPS) is 15.4. The predicted octanol–water partition coefficient (Wildman–Crippen LogP) is 2.12. The van der Waals surface area contributed by atoms with Gasteiger partial charge in [0.05, 0.1) is 0 Å². The van der Waals surface area contributed by atoms with E-state index in [2.05, 4.69) is 16.0 Å². The van der Waals surface area contributed by atoms with E-state index in [0.29, 0.717) is 16.4 Å².